The average Bonchev–Trinajstić information content (AvgIpc) is 3.58. The Balaban J connectivity index is 1.25. The smallest absolute Gasteiger partial charge is 0.225 e. The maximum atomic E-state index is 13.7. The van der Waals surface area contributed by atoms with E-state index in [1.165, 1.54) is 6.07 Å². The first-order chi connectivity index (χ1) is 13.6. The van der Waals surface area contributed by atoms with Crippen molar-refractivity contribution in [2.75, 3.05) is 26.2 Å². The summed E-state index contributed by atoms with van der Waals surface area (Å²) < 4.78 is 13.7. The predicted octanol–water partition coefficient (Wildman–Crippen LogP) is 2.55. The minimum atomic E-state index is -0.277. The summed E-state index contributed by atoms with van der Waals surface area (Å²) in [6.07, 6.45) is 6.03. The molecule has 152 valence electrons. The fourth-order valence-electron chi connectivity index (χ4n) is 4.56. The summed E-state index contributed by atoms with van der Waals surface area (Å²) in [6.45, 7) is 3.73. The number of benzene rings is 1. The molecule has 2 saturated heterocycles. The van der Waals surface area contributed by atoms with E-state index >= 15 is 0 Å². The molecule has 2 heterocycles. The molecule has 1 saturated carbocycles. The number of piperidine rings is 2. The second kappa shape index (κ2) is 8.60. The molecule has 4 rings (SSSR count). The first-order valence-corrected chi connectivity index (χ1v) is 10.7. The molecule has 1 atom stereocenters. The standard InChI is InChI=1S/C22H30FN3O2/c23-20-6-2-1-4-17(20)14-24-21(27)18-5-3-11-26(15-18)19-9-12-25(13-10-19)22(28)16-7-8-16/h1-2,4,6,16,18-19H,3,5,7-15H2,(H,24,27)/t18-/m0/s1. The second-order valence-electron chi connectivity index (χ2n) is 8.47. The van der Waals surface area contributed by atoms with Gasteiger partial charge in [-0.2, -0.15) is 0 Å². The Hall–Kier alpha value is -1.95. The molecule has 0 unspecified atom stereocenters. The molecule has 1 aliphatic carbocycles. The molecule has 3 fully saturated rings. The van der Waals surface area contributed by atoms with Crippen molar-refractivity contribution in [1.82, 2.24) is 15.1 Å². The molecule has 0 bridgehead atoms. The van der Waals surface area contributed by atoms with Crippen LogP contribution in [-0.2, 0) is 16.1 Å². The van der Waals surface area contributed by atoms with Crippen LogP contribution in [0.4, 0.5) is 4.39 Å². The highest BCUT2D eigenvalue weighted by Gasteiger charge is 2.37. The van der Waals surface area contributed by atoms with Gasteiger partial charge in [0.05, 0.1) is 5.92 Å². The van der Waals surface area contributed by atoms with Gasteiger partial charge in [0.1, 0.15) is 5.82 Å². The lowest BCUT2D eigenvalue weighted by atomic mass is 9.93. The van der Waals surface area contributed by atoms with Gasteiger partial charge in [-0.15, -0.1) is 0 Å². The number of likely N-dealkylation sites (tertiary alicyclic amines) is 2. The highest BCUT2D eigenvalue weighted by atomic mass is 19.1. The Morgan fingerprint density at radius 2 is 1.75 bits per heavy atom. The second-order valence-corrected chi connectivity index (χ2v) is 8.47. The van der Waals surface area contributed by atoms with E-state index in [-0.39, 0.29) is 24.2 Å². The molecular weight excluding hydrogens is 357 g/mol. The van der Waals surface area contributed by atoms with E-state index in [4.69, 9.17) is 0 Å². The van der Waals surface area contributed by atoms with Gasteiger partial charge in [0, 0.05) is 43.7 Å². The van der Waals surface area contributed by atoms with Crippen LogP contribution in [-0.4, -0.2) is 53.8 Å². The summed E-state index contributed by atoms with van der Waals surface area (Å²) in [5.74, 6) is 0.359. The van der Waals surface area contributed by atoms with Crippen LogP contribution in [0.2, 0.25) is 0 Å². The monoisotopic (exact) mass is 387 g/mol. The molecule has 1 aromatic carbocycles. The number of halogens is 1. The van der Waals surface area contributed by atoms with Crippen LogP contribution in [0.5, 0.6) is 0 Å². The lowest BCUT2D eigenvalue weighted by Crippen LogP contribution is -2.51. The third-order valence-electron chi connectivity index (χ3n) is 6.45. The van der Waals surface area contributed by atoms with E-state index in [1.54, 1.807) is 18.2 Å². The summed E-state index contributed by atoms with van der Waals surface area (Å²) in [4.78, 5) is 29.3. The fraction of sp³-hybridized carbons (Fsp3) is 0.636. The van der Waals surface area contributed by atoms with Gasteiger partial charge in [-0.1, -0.05) is 18.2 Å². The molecular formula is C22H30FN3O2. The summed E-state index contributed by atoms with van der Waals surface area (Å²) in [6, 6.07) is 7.03. The van der Waals surface area contributed by atoms with Crippen LogP contribution in [0.3, 0.4) is 0 Å². The lowest BCUT2D eigenvalue weighted by Gasteiger charge is -2.42. The molecule has 5 nitrogen and oxygen atoms in total. The van der Waals surface area contributed by atoms with Gasteiger partial charge in [0.25, 0.3) is 0 Å². The Labute approximate surface area is 166 Å². The molecule has 0 spiro atoms. The number of nitrogens with one attached hydrogen (secondary N) is 1. The molecule has 0 aromatic heterocycles. The molecule has 2 aliphatic heterocycles. The number of rotatable bonds is 5. The minimum Gasteiger partial charge on any atom is -0.352 e. The van der Waals surface area contributed by atoms with E-state index in [1.807, 2.05) is 4.90 Å². The Bertz CT molecular complexity index is 713. The topological polar surface area (TPSA) is 52.7 Å². The van der Waals surface area contributed by atoms with Gasteiger partial charge >= 0.3 is 0 Å². The molecule has 1 N–H and O–H groups in total. The zero-order valence-corrected chi connectivity index (χ0v) is 16.4. The zero-order valence-electron chi connectivity index (χ0n) is 16.4. The van der Waals surface area contributed by atoms with E-state index in [0.29, 0.717) is 23.4 Å². The maximum absolute atomic E-state index is 13.7. The van der Waals surface area contributed by atoms with Gasteiger partial charge < -0.3 is 10.2 Å². The average molecular weight is 387 g/mol. The third-order valence-corrected chi connectivity index (χ3v) is 6.45. The van der Waals surface area contributed by atoms with E-state index in [9.17, 15) is 14.0 Å². The van der Waals surface area contributed by atoms with Crippen LogP contribution < -0.4 is 5.32 Å². The summed E-state index contributed by atoms with van der Waals surface area (Å²) in [7, 11) is 0. The van der Waals surface area contributed by atoms with Gasteiger partial charge in [-0.3, -0.25) is 14.5 Å². The number of nitrogens with zero attached hydrogens (tertiary/aromatic N) is 2. The van der Waals surface area contributed by atoms with E-state index in [0.717, 1.165) is 64.7 Å². The van der Waals surface area contributed by atoms with Crippen LogP contribution in [0.25, 0.3) is 0 Å². The molecule has 6 heteroatoms. The zero-order chi connectivity index (χ0) is 19.5. The fourth-order valence-corrected chi connectivity index (χ4v) is 4.56. The molecule has 0 radical (unpaired) electrons. The van der Waals surface area contributed by atoms with Crippen LogP contribution in [0.1, 0.15) is 44.1 Å². The van der Waals surface area contributed by atoms with Crippen LogP contribution >= 0.6 is 0 Å². The van der Waals surface area contributed by atoms with Gasteiger partial charge in [0.2, 0.25) is 11.8 Å². The SMILES string of the molecule is O=C(NCc1ccccc1F)[C@H]1CCCN(C2CCN(C(=O)C3CC3)CC2)C1. The van der Waals surface area contributed by atoms with Crippen LogP contribution in [0.15, 0.2) is 24.3 Å². The van der Waals surface area contributed by atoms with Crippen molar-refractivity contribution in [2.45, 2.75) is 51.1 Å². The number of carbonyl (C=O) groups excluding carboxylic acids is 2. The molecule has 3 aliphatic rings. The van der Waals surface area contributed by atoms with Crippen molar-refractivity contribution in [3.8, 4) is 0 Å². The Kier molecular flexibility index (Phi) is 5.95. The van der Waals surface area contributed by atoms with Crippen molar-refractivity contribution in [2.24, 2.45) is 11.8 Å². The Morgan fingerprint density at radius 3 is 2.46 bits per heavy atom. The largest absolute Gasteiger partial charge is 0.352 e. The van der Waals surface area contributed by atoms with Crippen molar-refractivity contribution in [3.63, 3.8) is 0 Å². The van der Waals surface area contributed by atoms with Crippen molar-refractivity contribution in [1.29, 1.82) is 0 Å². The van der Waals surface area contributed by atoms with Crippen LogP contribution in [0, 0.1) is 17.7 Å². The summed E-state index contributed by atoms with van der Waals surface area (Å²) >= 11 is 0. The quantitative estimate of drug-likeness (QED) is 0.845. The predicted molar refractivity (Wildman–Crippen MR) is 105 cm³/mol. The van der Waals surface area contributed by atoms with Gasteiger partial charge in [0.15, 0.2) is 0 Å². The van der Waals surface area contributed by atoms with Crippen molar-refractivity contribution in [3.05, 3.63) is 35.6 Å². The number of amides is 2. The van der Waals surface area contributed by atoms with E-state index in [2.05, 4.69) is 10.2 Å². The Morgan fingerprint density at radius 1 is 1.00 bits per heavy atom. The maximum Gasteiger partial charge on any atom is 0.225 e. The summed E-state index contributed by atoms with van der Waals surface area (Å²) in [5.41, 5.74) is 0.524. The third kappa shape index (κ3) is 4.54. The van der Waals surface area contributed by atoms with Crippen molar-refractivity contribution >= 4 is 11.8 Å². The highest BCUT2D eigenvalue weighted by Crippen LogP contribution is 2.32. The number of carbonyl (C=O) groups is 2. The number of hydrogen-bond acceptors (Lipinski definition) is 3. The first-order valence-electron chi connectivity index (χ1n) is 10.7. The highest BCUT2D eigenvalue weighted by molar-refractivity contribution is 5.81. The lowest BCUT2D eigenvalue weighted by molar-refractivity contribution is -0.134. The van der Waals surface area contributed by atoms with Crippen molar-refractivity contribution < 1.29 is 14.0 Å². The molecule has 2 amide bonds. The first kappa shape index (κ1) is 19.4. The van der Waals surface area contributed by atoms with Gasteiger partial charge in [-0.05, 0) is 51.1 Å². The molecule has 1 aromatic rings. The summed E-state index contributed by atoms with van der Waals surface area (Å²) in [5, 5.41) is 2.92. The number of hydrogen-bond donors (Lipinski definition) is 1. The molecule has 28 heavy (non-hydrogen) atoms. The normalized spacial score (nSPS) is 24.2. The van der Waals surface area contributed by atoms with Gasteiger partial charge in [-0.25, -0.2) is 4.39 Å². The van der Waals surface area contributed by atoms with E-state index < -0.39 is 0 Å². The minimum absolute atomic E-state index is 0.0225.